The molecule has 0 saturated heterocycles. The standard InChI is InChI=1S/C14H20N2/c1-5-7-8-9-10-12-14(15)16(4)13(3)11-6-2/h5-12H,1,3,15H2,2,4H3/b8-7+,10-9-,11-6-,14-12+. The Morgan fingerprint density at radius 3 is 2.38 bits per heavy atom. The van der Waals surface area contributed by atoms with E-state index in [2.05, 4.69) is 13.2 Å². The van der Waals surface area contributed by atoms with Crippen molar-refractivity contribution in [2.24, 2.45) is 5.73 Å². The van der Waals surface area contributed by atoms with Crippen LogP contribution < -0.4 is 5.73 Å². The second-order valence-corrected chi connectivity index (χ2v) is 3.15. The summed E-state index contributed by atoms with van der Waals surface area (Å²) in [6.07, 6.45) is 14.9. The van der Waals surface area contributed by atoms with Gasteiger partial charge in [0.05, 0.1) is 0 Å². The van der Waals surface area contributed by atoms with Gasteiger partial charge in [-0.05, 0) is 19.1 Å². The van der Waals surface area contributed by atoms with Crippen molar-refractivity contribution in [2.45, 2.75) is 6.92 Å². The number of nitrogens with two attached hydrogens (primary N) is 1. The summed E-state index contributed by atoms with van der Waals surface area (Å²) in [5.74, 6) is 0.645. The Hall–Kier alpha value is -1.96. The van der Waals surface area contributed by atoms with Crippen molar-refractivity contribution in [2.75, 3.05) is 7.05 Å². The lowest BCUT2D eigenvalue weighted by molar-refractivity contribution is 0.531. The van der Waals surface area contributed by atoms with Gasteiger partial charge in [-0.25, -0.2) is 0 Å². The molecule has 0 saturated carbocycles. The maximum Gasteiger partial charge on any atom is 0.103 e. The van der Waals surface area contributed by atoms with Crippen molar-refractivity contribution >= 4 is 0 Å². The molecule has 0 rings (SSSR count). The Labute approximate surface area is 98.4 Å². The van der Waals surface area contributed by atoms with E-state index in [1.807, 2.05) is 61.4 Å². The van der Waals surface area contributed by atoms with Gasteiger partial charge in [0.25, 0.3) is 0 Å². The summed E-state index contributed by atoms with van der Waals surface area (Å²) in [6.45, 7) is 9.41. The van der Waals surface area contributed by atoms with Crippen molar-refractivity contribution in [1.29, 1.82) is 0 Å². The van der Waals surface area contributed by atoms with Gasteiger partial charge >= 0.3 is 0 Å². The van der Waals surface area contributed by atoms with Gasteiger partial charge in [0.1, 0.15) is 5.82 Å². The van der Waals surface area contributed by atoms with Gasteiger partial charge in [0.2, 0.25) is 0 Å². The van der Waals surface area contributed by atoms with Crippen LogP contribution in [0, 0.1) is 0 Å². The Morgan fingerprint density at radius 1 is 1.19 bits per heavy atom. The number of allylic oxidation sites excluding steroid dienone is 8. The Kier molecular flexibility index (Phi) is 7.33. The molecule has 2 heteroatoms. The summed E-state index contributed by atoms with van der Waals surface area (Å²) in [7, 11) is 1.88. The average Bonchev–Trinajstić information content (AvgIpc) is 2.27. The summed E-state index contributed by atoms with van der Waals surface area (Å²) < 4.78 is 0. The molecule has 16 heavy (non-hydrogen) atoms. The van der Waals surface area contributed by atoms with E-state index in [1.54, 1.807) is 6.08 Å². The van der Waals surface area contributed by atoms with Crippen LogP contribution in [0.3, 0.4) is 0 Å². The van der Waals surface area contributed by atoms with Crippen molar-refractivity contribution in [3.8, 4) is 0 Å². The van der Waals surface area contributed by atoms with E-state index < -0.39 is 0 Å². The first-order valence-electron chi connectivity index (χ1n) is 5.10. The molecule has 0 aliphatic rings. The molecule has 0 bridgehead atoms. The maximum atomic E-state index is 5.86. The summed E-state index contributed by atoms with van der Waals surface area (Å²) in [5.41, 5.74) is 6.71. The van der Waals surface area contributed by atoms with Crippen LogP contribution in [0.1, 0.15) is 6.92 Å². The molecule has 0 aromatic carbocycles. The van der Waals surface area contributed by atoms with Crippen molar-refractivity contribution < 1.29 is 0 Å². The van der Waals surface area contributed by atoms with Crippen LogP contribution >= 0.6 is 0 Å². The largest absolute Gasteiger partial charge is 0.385 e. The van der Waals surface area contributed by atoms with Gasteiger partial charge in [-0.3, -0.25) is 0 Å². The first-order chi connectivity index (χ1) is 7.63. The van der Waals surface area contributed by atoms with E-state index in [0.29, 0.717) is 5.82 Å². The van der Waals surface area contributed by atoms with Gasteiger partial charge in [-0.1, -0.05) is 49.6 Å². The molecule has 2 nitrogen and oxygen atoms in total. The maximum absolute atomic E-state index is 5.86. The molecular formula is C14H20N2. The number of nitrogens with zero attached hydrogens (tertiary/aromatic N) is 1. The summed E-state index contributed by atoms with van der Waals surface area (Å²) >= 11 is 0. The summed E-state index contributed by atoms with van der Waals surface area (Å²) in [6, 6.07) is 0. The van der Waals surface area contributed by atoms with E-state index in [4.69, 9.17) is 5.73 Å². The molecular weight excluding hydrogens is 196 g/mol. The second kappa shape index (κ2) is 8.36. The molecule has 0 aliphatic carbocycles. The van der Waals surface area contributed by atoms with E-state index in [1.165, 1.54) is 0 Å². The van der Waals surface area contributed by atoms with Crippen LogP contribution in [0.25, 0.3) is 0 Å². The zero-order valence-corrected chi connectivity index (χ0v) is 10.1. The van der Waals surface area contributed by atoms with Crippen LogP contribution in [0.5, 0.6) is 0 Å². The van der Waals surface area contributed by atoms with Crippen LogP contribution in [0.4, 0.5) is 0 Å². The molecule has 2 N–H and O–H groups in total. The molecule has 0 aromatic heterocycles. The molecule has 0 spiro atoms. The minimum absolute atomic E-state index is 0.645. The number of hydrogen-bond acceptors (Lipinski definition) is 2. The Bertz CT molecular complexity index is 344. The first kappa shape index (κ1) is 14.0. The predicted molar refractivity (Wildman–Crippen MR) is 72.5 cm³/mol. The summed E-state index contributed by atoms with van der Waals surface area (Å²) in [5, 5.41) is 0. The molecule has 0 unspecified atom stereocenters. The SMILES string of the molecule is C=C/C=C/C=C\C=C(/N)N(C)C(=C)/C=C\C. The average molecular weight is 216 g/mol. The third-order valence-electron chi connectivity index (χ3n) is 1.91. The molecule has 86 valence electrons. The quantitative estimate of drug-likeness (QED) is 0.691. The van der Waals surface area contributed by atoms with Gasteiger partial charge in [0.15, 0.2) is 0 Å². The number of hydrogen-bond donors (Lipinski definition) is 1. The highest BCUT2D eigenvalue weighted by atomic mass is 15.2. The molecule has 0 aliphatic heterocycles. The van der Waals surface area contributed by atoms with E-state index in [0.717, 1.165) is 5.70 Å². The first-order valence-corrected chi connectivity index (χ1v) is 5.10. The van der Waals surface area contributed by atoms with Gasteiger partial charge in [0, 0.05) is 12.7 Å². The van der Waals surface area contributed by atoms with Crippen LogP contribution in [-0.2, 0) is 0 Å². The minimum Gasteiger partial charge on any atom is -0.385 e. The molecule has 0 atom stereocenters. The van der Waals surface area contributed by atoms with Crippen molar-refractivity contribution in [3.05, 3.63) is 73.3 Å². The summed E-state index contributed by atoms with van der Waals surface area (Å²) in [4.78, 5) is 1.82. The molecule has 0 fully saturated rings. The molecule has 0 radical (unpaired) electrons. The van der Waals surface area contributed by atoms with E-state index in [9.17, 15) is 0 Å². The van der Waals surface area contributed by atoms with Gasteiger partial charge in [-0.15, -0.1) is 0 Å². The zero-order valence-electron chi connectivity index (χ0n) is 10.1. The Balaban J connectivity index is 4.42. The third-order valence-corrected chi connectivity index (χ3v) is 1.91. The van der Waals surface area contributed by atoms with Gasteiger partial charge < -0.3 is 10.6 Å². The smallest absolute Gasteiger partial charge is 0.103 e. The fraction of sp³-hybridized carbons (Fsp3) is 0.143. The second-order valence-electron chi connectivity index (χ2n) is 3.15. The fourth-order valence-corrected chi connectivity index (χ4v) is 0.943. The normalized spacial score (nSPS) is 12.8. The van der Waals surface area contributed by atoms with E-state index >= 15 is 0 Å². The van der Waals surface area contributed by atoms with Gasteiger partial charge in [-0.2, -0.15) is 0 Å². The van der Waals surface area contributed by atoms with Crippen LogP contribution in [0.15, 0.2) is 73.3 Å². The number of likely N-dealkylation sites (N-methyl/N-ethyl adjacent to an activating group) is 1. The zero-order chi connectivity index (χ0) is 12.4. The molecule has 0 heterocycles. The highest BCUT2D eigenvalue weighted by Gasteiger charge is 1.99. The fourth-order valence-electron chi connectivity index (χ4n) is 0.943. The van der Waals surface area contributed by atoms with Crippen LogP contribution in [0.2, 0.25) is 0 Å². The molecule has 0 aromatic rings. The van der Waals surface area contributed by atoms with Crippen molar-refractivity contribution in [1.82, 2.24) is 4.90 Å². The van der Waals surface area contributed by atoms with Crippen LogP contribution in [-0.4, -0.2) is 11.9 Å². The third kappa shape index (κ3) is 5.70. The van der Waals surface area contributed by atoms with E-state index in [-0.39, 0.29) is 0 Å². The molecule has 0 amide bonds. The highest BCUT2D eigenvalue weighted by Crippen LogP contribution is 2.05. The van der Waals surface area contributed by atoms with Crippen molar-refractivity contribution in [3.63, 3.8) is 0 Å². The minimum atomic E-state index is 0.645. The Morgan fingerprint density at radius 2 is 1.81 bits per heavy atom. The number of rotatable bonds is 6. The highest BCUT2D eigenvalue weighted by molar-refractivity contribution is 5.22. The predicted octanol–water partition coefficient (Wildman–Crippen LogP) is 3.11. The lowest BCUT2D eigenvalue weighted by atomic mass is 10.3. The lowest BCUT2D eigenvalue weighted by Gasteiger charge is -2.18. The lowest BCUT2D eigenvalue weighted by Crippen LogP contribution is -2.21. The monoisotopic (exact) mass is 216 g/mol. The topological polar surface area (TPSA) is 29.3 Å².